The molecule has 110 valence electrons. The molecule has 1 aliphatic rings. The van der Waals surface area contributed by atoms with Crippen LogP contribution in [-0.2, 0) is 6.54 Å². The van der Waals surface area contributed by atoms with E-state index in [0.29, 0.717) is 28.5 Å². The van der Waals surface area contributed by atoms with E-state index in [-0.39, 0.29) is 0 Å². The Bertz CT molecular complexity index is 621. The number of hydrogen-bond acceptors (Lipinski definition) is 4. The van der Waals surface area contributed by atoms with Crippen molar-refractivity contribution in [3.05, 3.63) is 51.9 Å². The summed E-state index contributed by atoms with van der Waals surface area (Å²) in [6.07, 6.45) is 3.56. The van der Waals surface area contributed by atoms with Crippen LogP contribution in [0.5, 0.6) is 0 Å². The minimum Gasteiger partial charge on any atom is -0.366 e. The molecule has 1 heterocycles. The molecule has 0 saturated heterocycles. The SMILES string of the molecule is NC1CC(c2cc(NCc3c(Cl)cccc3Cl)ncn2)C1. The smallest absolute Gasteiger partial charge is 0.129 e. The van der Waals surface area contributed by atoms with Gasteiger partial charge in [-0.05, 0) is 25.0 Å². The molecule has 1 fully saturated rings. The van der Waals surface area contributed by atoms with Gasteiger partial charge >= 0.3 is 0 Å². The molecule has 1 saturated carbocycles. The third-order valence-electron chi connectivity index (χ3n) is 3.79. The number of nitrogens with zero attached hydrogens (tertiary/aromatic N) is 2. The first-order chi connectivity index (χ1) is 10.1. The second kappa shape index (κ2) is 6.18. The Balaban J connectivity index is 1.69. The molecule has 3 N–H and O–H groups in total. The number of nitrogens with one attached hydrogen (secondary N) is 1. The summed E-state index contributed by atoms with van der Waals surface area (Å²) in [5.41, 5.74) is 7.73. The van der Waals surface area contributed by atoms with Gasteiger partial charge in [-0.1, -0.05) is 29.3 Å². The van der Waals surface area contributed by atoms with Crippen LogP contribution in [0.25, 0.3) is 0 Å². The fraction of sp³-hybridized carbons (Fsp3) is 0.333. The molecule has 1 aromatic heterocycles. The van der Waals surface area contributed by atoms with Crippen LogP contribution in [0.3, 0.4) is 0 Å². The van der Waals surface area contributed by atoms with Gasteiger partial charge in [0.05, 0.1) is 0 Å². The van der Waals surface area contributed by atoms with E-state index in [4.69, 9.17) is 28.9 Å². The van der Waals surface area contributed by atoms with Crippen molar-refractivity contribution in [1.29, 1.82) is 0 Å². The van der Waals surface area contributed by atoms with Gasteiger partial charge < -0.3 is 11.1 Å². The van der Waals surface area contributed by atoms with Crippen LogP contribution < -0.4 is 11.1 Å². The topological polar surface area (TPSA) is 63.8 Å². The molecule has 21 heavy (non-hydrogen) atoms. The van der Waals surface area contributed by atoms with Crippen LogP contribution in [0.4, 0.5) is 5.82 Å². The summed E-state index contributed by atoms with van der Waals surface area (Å²) < 4.78 is 0. The van der Waals surface area contributed by atoms with Gasteiger partial charge in [-0.25, -0.2) is 9.97 Å². The molecule has 6 heteroatoms. The van der Waals surface area contributed by atoms with Crippen LogP contribution in [0.1, 0.15) is 30.0 Å². The maximum atomic E-state index is 6.15. The highest BCUT2D eigenvalue weighted by Gasteiger charge is 2.28. The van der Waals surface area contributed by atoms with Gasteiger partial charge in [-0.3, -0.25) is 0 Å². The highest BCUT2D eigenvalue weighted by molar-refractivity contribution is 6.36. The Morgan fingerprint density at radius 2 is 1.90 bits per heavy atom. The summed E-state index contributed by atoms with van der Waals surface area (Å²) in [6, 6.07) is 7.76. The quantitative estimate of drug-likeness (QED) is 0.902. The zero-order valence-corrected chi connectivity index (χ0v) is 12.9. The van der Waals surface area contributed by atoms with E-state index in [1.807, 2.05) is 24.3 Å². The Labute approximate surface area is 133 Å². The van der Waals surface area contributed by atoms with Crippen LogP contribution in [0.2, 0.25) is 10.0 Å². The summed E-state index contributed by atoms with van der Waals surface area (Å²) in [4.78, 5) is 8.56. The van der Waals surface area contributed by atoms with Crippen LogP contribution in [0.15, 0.2) is 30.6 Å². The predicted octanol–water partition coefficient (Wildman–Crippen LogP) is 3.60. The summed E-state index contributed by atoms with van der Waals surface area (Å²) in [5, 5.41) is 4.54. The van der Waals surface area contributed by atoms with Crippen LogP contribution in [0, 0.1) is 0 Å². The van der Waals surface area contributed by atoms with Crippen LogP contribution in [-0.4, -0.2) is 16.0 Å². The predicted molar refractivity (Wildman–Crippen MR) is 85.8 cm³/mol. The Kier molecular flexibility index (Phi) is 4.29. The second-order valence-corrected chi connectivity index (χ2v) is 6.12. The lowest BCUT2D eigenvalue weighted by molar-refractivity contribution is 0.345. The fourth-order valence-electron chi connectivity index (χ4n) is 2.48. The number of rotatable bonds is 4. The zero-order chi connectivity index (χ0) is 14.8. The lowest BCUT2D eigenvalue weighted by atomic mass is 9.79. The van der Waals surface area contributed by atoms with Gasteiger partial charge in [0.2, 0.25) is 0 Å². The van der Waals surface area contributed by atoms with E-state index >= 15 is 0 Å². The summed E-state index contributed by atoms with van der Waals surface area (Å²) in [6.45, 7) is 0.527. The molecule has 0 bridgehead atoms. The first-order valence-corrected chi connectivity index (χ1v) is 7.63. The highest BCUT2D eigenvalue weighted by atomic mass is 35.5. The van der Waals surface area contributed by atoms with Crippen molar-refractivity contribution in [2.45, 2.75) is 31.3 Å². The summed E-state index contributed by atoms with van der Waals surface area (Å²) >= 11 is 12.3. The number of halogens is 2. The number of aromatic nitrogens is 2. The van der Waals surface area contributed by atoms with E-state index in [1.54, 1.807) is 6.33 Å². The van der Waals surface area contributed by atoms with E-state index in [0.717, 1.165) is 29.9 Å². The third kappa shape index (κ3) is 3.28. The highest BCUT2D eigenvalue weighted by Crippen LogP contribution is 2.35. The number of hydrogen-bond donors (Lipinski definition) is 2. The van der Waals surface area contributed by atoms with E-state index < -0.39 is 0 Å². The number of benzene rings is 1. The van der Waals surface area contributed by atoms with Crippen molar-refractivity contribution in [2.24, 2.45) is 5.73 Å². The van der Waals surface area contributed by atoms with Crippen molar-refractivity contribution in [3.63, 3.8) is 0 Å². The van der Waals surface area contributed by atoms with Gasteiger partial charge in [-0.15, -0.1) is 0 Å². The summed E-state index contributed by atoms with van der Waals surface area (Å²) in [7, 11) is 0. The molecule has 0 aliphatic heterocycles. The van der Waals surface area contributed by atoms with Gasteiger partial charge in [0.25, 0.3) is 0 Å². The van der Waals surface area contributed by atoms with E-state index in [1.165, 1.54) is 0 Å². The maximum Gasteiger partial charge on any atom is 0.129 e. The lowest BCUT2D eigenvalue weighted by Crippen LogP contribution is -2.35. The standard InChI is InChI=1S/C15H16Cl2N4/c16-12-2-1-3-13(17)11(12)7-19-15-6-14(20-8-21-15)9-4-10(18)5-9/h1-3,6,8-10H,4-5,7,18H2,(H,19,20,21). The largest absolute Gasteiger partial charge is 0.366 e. The molecule has 0 amide bonds. The van der Waals surface area contributed by atoms with Crippen molar-refractivity contribution < 1.29 is 0 Å². The molecule has 0 spiro atoms. The molecular formula is C15H16Cl2N4. The Morgan fingerprint density at radius 1 is 1.19 bits per heavy atom. The van der Waals surface area contributed by atoms with Crippen molar-refractivity contribution in [2.75, 3.05) is 5.32 Å². The van der Waals surface area contributed by atoms with Crippen LogP contribution >= 0.6 is 23.2 Å². The monoisotopic (exact) mass is 322 g/mol. The lowest BCUT2D eigenvalue weighted by Gasteiger charge is -2.31. The van der Waals surface area contributed by atoms with E-state index in [2.05, 4.69) is 15.3 Å². The Morgan fingerprint density at radius 3 is 2.57 bits per heavy atom. The van der Waals surface area contributed by atoms with Crippen molar-refractivity contribution in [3.8, 4) is 0 Å². The zero-order valence-electron chi connectivity index (χ0n) is 11.4. The molecule has 1 aliphatic carbocycles. The normalized spacial score (nSPS) is 20.9. The van der Waals surface area contributed by atoms with E-state index in [9.17, 15) is 0 Å². The van der Waals surface area contributed by atoms with Crippen molar-refractivity contribution >= 4 is 29.0 Å². The molecular weight excluding hydrogens is 307 g/mol. The molecule has 3 rings (SSSR count). The third-order valence-corrected chi connectivity index (χ3v) is 4.50. The van der Waals surface area contributed by atoms with Gasteiger partial charge in [0, 0.05) is 45.9 Å². The number of anilines is 1. The first-order valence-electron chi connectivity index (χ1n) is 6.88. The molecule has 2 aromatic rings. The molecule has 0 atom stereocenters. The average molecular weight is 323 g/mol. The molecule has 4 nitrogen and oxygen atoms in total. The fourth-order valence-corrected chi connectivity index (χ4v) is 3.01. The second-order valence-electron chi connectivity index (χ2n) is 5.31. The van der Waals surface area contributed by atoms with Gasteiger partial charge in [0.1, 0.15) is 12.1 Å². The van der Waals surface area contributed by atoms with Crippen molar-refractivity contribution in [1.82, 2.24) is 9.97 Å². The minimum atomic E-state index is 0.309. The molecule has 0 radical (unpaired) electrons. The molecule has 0 unspecified atom stereocenters. The summed E-state index contributed by atoms with van der Waals surface area (Å²) in [5.74, 6) is 1.23. The average Bonchev–Trinajstić information content (AvgIpc) is 2.44. The Hall–Kier alpha value is -1.36. The minimum absolute atomic E-state index is 0.309. The van der Waals surface area contributed by atoms with Gasteiger partial charge in [0.15, 0.2) is 0 Å². The maximum absolute atomic E-state index is 6.15. The van der Waals surface area contributed by atoms with Gasteiger partial charge in [-0.2, -0.15) is 0 Å². The first kappa shape index (κ1) is 14.6. The number of nitrogens with two attached hydrogens (primary N) is 1. The molecule has 1 aromatic carbocycles.